The van der Waals surface area contributed by atoms with Crippen LogP contribution in [-0.4, -0.2) is 38.1 Å². The fourth-order valence-electron chi connectivity index (χ4n) is 3.07. The molecule has 1 heterocycles. The number of benzene rings is 2. The number of Topliss-reactive ketones (excluding diaryl/α,β-unsaturated/α-hetero) is 1. The van der Waals surface area contributed by atoms with Crippen LogP contribution in [0.4, 0.5) is 10.1 Å². The molecule has 142 valence electrons. The molecule has 1 unspecified atom stereocenters. The van der Waals surface area contributed by atoms with Crippen molar-refractivity contribution in [3.8, 4) is 17.2 Å². The number of ketones is 1. The van der Waals surface area contributed by atoms with Gasteiger partial charge in [0.25, 0.3) is 5.91 Å². The summed E-state index contributed by atoms with van der Waals surface area (Å²) < 4.78 is 29.2. The summed E-state index contributed by atoms with van der Waals surface area (Å²) in [5.41, 5.74) is -1.74. The summed E-state index contributed by atoms with van der Waals surface area (Å²) in [5.74, 6) is -1.14. The van der Waals surface area contributed by atoms with Crippen LogP contribution in [0.1, 0.15) is 22.3 Å². The Hall–Kier alpha value is -3.13. The second-order valence-corrected chi connectivity index (χ2v) is 6.02. The number of fused-ring (bicyclic) bond motifs is 1. The Kier molecular flexibility index (Phi) is 4.75. The van der Waals surface area contributed by atoms with Gasteiger partial charge in [0, 0.05) is 16.8 Å². The minimum atomic E-state index is -2.17. The van der Waals surface area contributed by atoms with E-state index in [1.165, 1.54) is 39.5 Å². The molecule has 27 heavy (non-hydrogen) atoms. The molecule has 2 N–H and O–H groups in total. The van der Waals surface area contributed by atoms with Crippen molar-refractivity contribution in [3.05, 3.63) is 47.3 Å². The molecule has 1 amide bonds. The first-order valence-corrected chi connectivity index (χ1v) is 8.01. The number of hydrogen-bond acceptors (Lipinski definition) is 6. The zero-order valence-corrected chi connectivity index (χ0v) is 15.0. The maximum atomic E-state index is 13.6. The van der Waals surface area contributed by atoms with Gasteiger partial charge in [-0.3, -0.25) is 9.59 Å². The maximum Gasteiger partial charge on any atom is 0.261 e. The van der Waals surface area contributed by atoms with E-state index in [9.17, 15) is 19.1 Å². The summed E-state index contributed by atoms with van der Waals surface area (Å²) in [5, 5.41) is 13.3. The highest BCUT2D eigenvalue weighted by atomic mass is 19.1. The minimum Gasteiger partial charge on any atom is -0.493 e. The fraction of sp³-hybridized carbons (Fsp3) is 0.263. The van der Waals surface area contributed by atoms with Crippen molar-refractivity contribution in [1.29, 1.82) is 0 Å². The first kappa shape index (κ1) is 18.7. The van der Waals surface area contributed by atoms with E-state index in [-0.39, 0.29) is 28.3 Å². The number of nitrogens with one attached hydrogen (secondary N) is 1. The van der Waals surface area contributed by atoms with Crippen LogP contribution in [0, 0.1) is 5.82 Å². The average molecular weight is 375 g/mol. The first-order valence-electron chi connectivity index (χ1n) is 8.01. The van der Waals surface area contributed by atoms with E-state index in [2.05, 4.69) is 5.32 Å². The Morgan fingerprint density at radius 2 is 1.74 bits per heavy atom. The van der Waals surface area contributed by atoms with Crippen LogP contribution in [0.2, 0.25) is 0 Å². The average Bonchev–Trinajstić information content (AvgIpc) is 2.90. The molecule has 1 atom stereocenters. The van der Waals surface area contributed by atoms with Gasteiger partial charge in [0.1, 0.15) is 5.82 Å². The molecule has 0 spiro atoms. The van der Waals surface area contributed by atoms with E-state index in [4.69, 9.17) is 14.2 Å². The Labute approximate surface area is 154 Å². The summed E-state index contributed by atoms with van der Waals surface area (Å²) in [4.78, 5) is 25.1. The highest BCUT2D eigenvalue weighted by Gasteiger charge is 2.47. The smallest absolute Gasteiger partial charge is 0.261 e. The van der Waals surface area contributed by atoms with Crippen LogP contribution < -0.4 is 19.5 Å². The molecule has 0 bridgehead atoms. The van der Waals surface area contributed by atoms with Crippen molar-refractivity contribution in [2.75, 3.05) is 26.6 Å². The molecule has 8 heteroatoms. The lowest BCUT2D eigenvalue weighted by molar-refractivity contribution is -0.133. The largest absolute Gasteiger partial charge is 0.493 e. The lowest BCUT2D eigenvalue weighted by Gasteiger charge is -2.20. The molecule has 1 aliphatic heterocycles. The van der Waals surface area contributed by atoms with Gasteiger partial charge in [0.2, 0.25) is 5.75 Å². The minimum absolute atomic E-state index is 0.0216. The van der Waals surface area contributed by atoms with Crippen molar-refractivity contribution in [3.63, 3.8) is 0 Å². The van der Waals surface area contributed by atoms with E-state index in [1.807, 2.05) is 0 Å². The van der Waals surface area contributed by atoms with E-state index in [0.29, 0.717) is 5.75 Å². The molecule has 1 aliphatic rings. The van der Waals surface area contributed by atoms with Gasteiger partial charge in [-0.2, -0.15) is 0 Å². The molecule has 3 rings (SSSR count). The molecular formula is C19H18FNO6. The molecule has 7 nitrogen and oxygen atoms in total. The van der Waals surface area contributed by atoms with Gasteiger partial charge in [-0.05, 0) is 30.3 Å². The van der Waals surface area contributed by atoms with Crippen molar-refractivity contribution in [1.82, 2.24) is 0 Å². The van der Waals surface area contributed by atoms with Crippen molar-refractivity contribution in [2.45, 2.75) is 12.0 Å². The molecule has 0 fully saturated rings. The number of halogens is 1. The summed E-state index contributed by atoms with van der Waals surface area (Å²) in [6.45, 7) is 0. The molecule has 0 saturated heterocycles. The highest BCUT2D eigenvalue weighted by molar-refractivity contribution is 6.09. The molecule has 2 aromatic carbocycles. The van der Waals surface area contributed by atoms with E-state index < -0.39 is 29.5 Å². The number of carbonyl (C=O) groups is 2. The third-order valence-corrected chi connectivity index (χ3v) is 4.45. The lowest BCUT2D eigenvalue weighted by Crippen LogP contribution is -2.36. The number of aliphatic hydroxyl groups is 1. The third kappa shape index (κ3) is 3.08. The molecule has 2 aromatic rings. The summed E-state index contributed by atoms with van der Waals surface area (Å²) >= 11 is 0. The predicted octanol–water partition coefficient (Wildman–Crippen LogP) is 2.26. The quantitative estimate of drug-likeness (QED) is 0.753. The number of anilines is 1. The van der Waals surface area contributed by atoms with Crippen molar-refractivity contribution < 1.29 is 33.3 Å². The Bertz CT molecular complexity index is 903. The van der Waals surface area contributed by atoms with Crippen molar-refractivity contribution in [2.24, 2.45) is 0 Å². The lowest BCUT2D eigenvalue weighted by atomic mass is 9.88. The highest BCUT2D eigenvalue weighted by Crippen LogP contribution is 2.42. The van der Waals surface area contributed by atoms with Crippen molar-refractivity contribution >= 4 is 17.4 Å². The number of carbonyl (C=O) groups excluding carboxylic acids is 2. The maximum absolute atomic E-state index is 13.6. The summed E-state index contributed by atoms with van der Waals surface area (Å²) in [6, 6.07) is 6.38. The zero-order chi connectivity index (χ0) is 19.8. The molecule has 0 radical (unpaired) electrons. The van der Waals surface area contributed by atoms with Gasteiger partial charge in [-0.1, -0.05) is 0 Å². The van der Waals surface area contributed by atoms with E-state index in [1.54, 1.807) is 0 Å². The normalized spacial score (nSPS) is 17.9. The van der Waals surface area contributed by atoms with Gasteiger partial charge in [0.05, 0.1) is 27.8 Å². The Morgan fingerprint density at radius 3 is 2.30 bits per heavy atom. The monoisotopic (exact) mass is 375 g/mol. The summed E-state index contributed by atoms with van der Waals surface area (Å²) in [7, 11) is 4.24. The number of rotatable bonds is 6. The van der Waals surface area contributed by atoms with Crippen LogP contribution in [0.25, 0.3) is 0 Å². The van der Waals surface area contributed by atoms with E-state index >= 15 is 0 Å². The number of amides is 1. The second kappa shape index (κ2) is 6.88. The predicted molar refractivity (Wildman–Crippen MR) is 94.0 cm³/mol. The third-order valence-electron chi connectivity index (χ3n) is 4.45. The summed E-state index contributed by atoms with van der Waals surface area (Å²) in [6.07, 6.45) is -0.575. The molecule has 0 aliphatic carbocycles. The van der Waals surface area contributed by atoms with Gasteiger partial charge in [0.15, 0.2) is 22.9 Å². The van der Waals surface area contributed by atoms with E-state index in [0.717, 1.165) is 12.1 Å². The Morgan fingerprint density at radius 1 is 1.11 bits per heavy atom. The Balaban J connectivity index is 1.99. The van der Waals surface area contributed by atoms with Crippen LogP contribution in [0.3, 0.4) is 0 Å². The fourth-order valence-corrected chi connectivity index (χ4v) is 3.07. The second-order valence-electron chi connectivity index (χ2n) is 6.02. The van der Waals surface area contributed by atoms with Crippen LogP contribution in [-0.2, 0) is 10.4 Å². The van der Waals surface area contributed by atoms with Gasteiger partial charge >= 0.3 is 0 Å². The standard InChI is InChI=1S/C19H18FNO6/c1-25-15-6-10(7-16(26-2)17(15)27-3)14(22)9-19(24)12-8-11(20)4-5-13(12)21-18(19)23/h4-8,24H,9H2,1-3H3,(H,21,23). The SMILES string of the molecule is COc1cc(C(=O)CC2(O)C(=O)Nc3ccc(F)cc32)cc(OC)c1OC. The molecular weight excluding hydrogens is 357 g/mol. The van der Waals surface area contributed by atoms with Gasteiger partial charge in [-0.25, -0.2) is 4.39 Å². The number of methoxy groups -OCH3 is 3. The molecule has 0 saturated carbocycles. The number of ether oxygens (including phenoxy) is 3. The zero-order valence-electron chi connectivity index (χ0n) is 15.0. The van der Waals surface area contributed by atoms with Crippen LogP contribution >= 0.6 is 0 Å². The first-order chi connectivity index (χ1) is 12.8. The number of hydrogen-bond donors (Lipinski definition) is 2. The van der Waals surface area contributed by atoms with Crippen LogP contribution in [0.5, 0.6) is 17.2 Å². The van der Waals surface area contributed by atoms with Gasteiger partial charge < -0.3 is 24.6 Å². The van der Waals surface area contributed by atoms with Crippen LogP contribution in [0.15, 0.2) is 30.3 Å². The topological polar surface area (TPSA) is 94.1 Å². The van der Waals surface area contributed by atoms with Gasteiger partial charge in [-0.15, -0.1) is 0 Å². The molecule has 0 aromatic heterocycles.